The highest BCUT2D eigenvalue weighted by molar-refractivity contribution is 5.99. The van der Waals surface area contributed by atoms with E-state index < -0.39 is 42.8 Å². The number of piperidine rings is 1. The van der Waals surface area contributed by atoms with Gasteiger partial charge in [0.05, 0.1) is 18.3 Å². The SMILES string of the molecule is CN1CCC(NC(=O)c2ccc(-c3c(-c4cccc(OC(F)(F)F)c4)cc4n3C(CCOC(=O)C(F)(F)F)CNC4=O)cc2)CC1. The molecule has 0 aliphatic carbocycles. The van der Waals surface area contributed by atoms with Crippen molar-refractivity contribution in [2.24, 2.45) is 0 Å². The standard InChI is InChI=1S/C31H30F6N4O5/c1-40-12-9-21(10-13-40)39-27(42)19-7-5-18(6-8-19)26-24(20-3-2-4-23(15-20)46-31(35,36)37)16-25-28(43)38-17-22(41(25)26)11-14-45-29(44)30(32,33)34/h2-8,15-16,21-22H,9-14,17H2,1H3,(H,38,43)(H,39,42). The van der Waals surface area contributed by atoms with Crippen LogP contribution in [0.15, 0.2) is 54.6 Å². The molecule has 1 unspecified atom stereocenters. The van der Waals surface area contributed by atoms with Gasteiger partial charge in [-0.25, -0.2) is 4.79 Å². The van der Waals surface area contributed by atoms with Crippen molar-refractivity contribution in [3.63, 3.8) is 0 Å². The first-order valence-electron chi connectivity index (χ1n) is 14.4. The van der Waals surface area contributed by atoms with Gasteiger partial charge in [-0.1, -0.05) is 24.3 Å². The second-order valence-electron chi connectivity index (χ2n) is 11.2. The van der Waals surface area contributed by atoms with E-state index in [-0.39, 0.29) is 36.2 Å². The van der Waals surface area contributed by atoms with Gasteiger partial charge in [0.15, 0.2) is 0 Å². The number of halogens is 6. The Morgan fingerprint density at radius 1 is 0.978 bits per heavy atom. The molecule has 5 rings (SSSR count). The van der Waals surface area contributed by atoms with E-state index in [2.05, 4.69) is 25.0 Å². The van der Waals surface area contributed by atoms with Crippen molar-refractivity contribution < 1.29 is 50.2 Å². The van der Waals surface area contributed by atoms with Crippen LogP contribution in [0, 0.1) is 0 Å². The lowest BCUT2D eigenvalue weighted by Gasteiger charge is -2.29. The third-order valence-corrected chi connectivity index (χ3v) is 7.90. The molecule has 1 fully saturated rings. The Hall–Kier alpha value is -4.53. The Kier molecular flexibility index (Phi) is 9.33. The van der Waals surface area contributed by atoms with Crippen LogP contribution in [0.5, 0.6) is 5.75 Å². The molecule has 9 nitrogen and oxygen atoms in total. The Bertz CT molecular complexity index is 1590. The van der Waals surface area contributed by atoms with E-state index in [0.29, 0.717) is 22.4 Å². The average molecular weight is 653 g/mol. The molecule has 3 aromatic rings. The summed E-state index contributed by atoms with van der Waals surface area (Å²) in [6.07, 6.45) is -8.64. The number of alkyl halides is 6. The fourth-order valence-electron chi connectivity index (χ4n) is 5.65. The first kappa shape index (κ1) is 32.9. The van der Waals surface area contributed by atoms with Crippen molar-refractivity contribution >= 4 is 17.8 Å². The third-order valence-electron chi connectivity index (χ3n) is 7.90. The minimum absolute atomic E-state index is 0.0181. The summed E-state index contributed by atoms with van der Waals surface area (Å²) in [4.78, 5) is 39.4. The maximum atomic E-state index is 13.0. The fourth-order valence-corrected chi connectivity index (χ4v) is 5.65. The van der Waals surface area contributed by atoms with Gasteiger partial charge < -0.3 is 29.6 Å². The number of esters is 1. The topological polar surface area (TPSA) is 102 Å². The Morgan fingerprint density at radius 2 is 1.67 bits per heavy atom. The van der Waals surface area contributed by atoms with E-state index in [1.165, 1.54) is 18.2 Å². The largest absolute Gasteiger partial charge is 0.573 e. The van der Waals surface area contributed by atoms with E-state index in [4.69, 9.17) is 0 Å². The van der Waals surface area contributed by atoms with Gasteiger partial charge >= 0.3 is 18.5 Å². The van der Waals surface area contributed by atoms with Gasteiger partial charge in [0.1, 0.15) is 11.4 Å². The maximum absolute atomic E-state index is 13.0. The first-order valence-corrected chi connectivity index (χ1v) is 14.4. The van der Waals surface area contributed by atoms with Crippen molar-refractivity contribution in [3.05, 3.63) is 65.9 Å². The monoisotopic (exact) mass is 652 g/mol. The van der Waals surface area contributed by atoms with Gasteiger partial charge in [-0.05, 0) is 74.4 Å². The van der Waals surface area contributed by atoms with Gasteiger partial charge in [0, 0.05) is 30.1 Å². The van der Waals surface area contributed by atoms with Gasteiger partial charge in [0.2, 0.25) is 0 Å². The number of carbonyl (C=O) groups is 3. The summed E-state index contributed by atoms with van der Waals surface area (Å²) in [5, 5.41) is 5.68. The number of nitrogens with zero attached hydrogens (tertiary/aromatic N) is 2. The molecule has 1 atom stereocenters. The summed E-state index contributed by atoms with van der Waals surface area (Å²) in [7, 11) is 2.01. The van der Waals surface area contributed by atoms with Crippen molar-refractivity contribution in [1.82, 2.24) is 20.1 Å². The zero-order valence-electron chi connectivity index (χ0n) is 24.5. The normalized spacial score (nSPS) is 17.6. The average Bonchev–Trinajstić information content (AvgIpc) is 3.40. The minimum Gasteiger partial charge on any atom is -0.459 e. The molecule has 0 spiro atoms. The second-order valence-corrected chi connectivity index (χ2v) is 11.2. The first-order chi connectivity index (χ1) is 21.7. The quantitative estimate of drug-likeness (QED) is 0.252. The highest BCUT2D eigenvalue weighted by Crippen LogP contribution is 2.41. The predicted octanol–water partition coefficient (Wildman–Crippen LogP) is 5.32. The van der Waals surface area contributed by atoms with Crippen LogP contribution in [0.2, 0.25) is 0 Å². The number of carbonyl (C=O) groups excluding carboxylic acids is 3. The van der Waals surface area contributed by atoms with E-state index >= 15 is 0 Å². The molecule has 1 aromatic heterocycles. The predicted molar refractivity (Wildman–Crippen MR) is 153 cm³/mol. The second kappa shape index (κ2) is 13.1. The summed E-state index contributed by atoms with van der Waals surface area (Å²) >= 11 is 0. The molecule has 246 valence electrons. The van der Waals surface area contributed by atoms with Crippen molar-refractivity contribution in [1.29, 1.82) is 0 Å². The lowest BCUT2D eigenvalue weighted by atomic mass is 9.99. The minimum atomic E-state index is -5.18. The Morgan fingerprint density at radius 3 is 2.33 bits per heavy atom. The van der Waals surface area contributed by atoms with E-state index in [9.17, 15) is 40.7 Å². The van der Waals surface area contributed by atoms with Crippen LogP contribution in [0.1, 0.15) is 46.2 Å². The van der Waals surface area contributed by atoms with E-state index in [1.54, 1.807) is 28.8 Å². The van der Waals surface area contributed by atoms with Crippen LogP contribution in [-0.4, -0.2) is 79.1 Å². The lowest BCUT2D eigenvalue weighted by Crippen LogP contribution is -2.43. The molecular formula is C31H30F6N4O5. The molecule has 0 radical (unpaired) electrons. The van der Waals surface area contributed by atoms with Crippen molar-refractivity contribution in [3.8, 4) is 28.1 Å². The molecule has 1 saturated heterocycles. The van der Waals surface area contributed by atoms with Crippen LogP contribution in [0.3, 0.4) is 0 Å². The van der Waals surface area contributed by atoms with E-state index in [1.807, 2.05) is 7.05 Å². The third kappa shape index (κ3) is 7.63. The molecule has 3 heterocycles. The number of benzene rings is 2. The molecule has 2 aliphatic rings. The van der Waals surface area contributed by atoms with Crippen molar-refractivity contribution in [2.75, 3.05) is 33.3 Å². The molecule has 2 aliphatic heterocycles. The molecule has 2 amide bonds. The highest BCUT2D eigenvalue weighted by atomic mass is 19.4. The number of hydrogen-bond acceptors (Lipinski definition) is 6. The molecular weight excluding hydrogens is 622 g/mol. The molecule has 0 saturated carbocycles. The number of rotatable bonds is 8. The smallest absolute Gasteiger partial charge is 0.459 e. The zero-order valence-corrected chi connectivity index (χ0v) is 24.5. The van der Waals surface area contributed by atoms with Gasteiger partial charge in [-0.15, -0.1) is 13.2 Å². The highest BCUT2D eigenvalue weighted by Gasteiger charge is 2.41. The zero-order chi connectivity index (χ0) is 33.2. The van der Waals surface area contributed by atoms with Crippen LogP contribution in [0.25, 0.3) is 22.4 Å². The van der Waals surface area contributed by atoms with Crippen LogP contribution in [-0.2, 0) is 9.53 Å². The van der Waals surface area contributed by atoms with E-state index in [0.717, 1.165) is 38.1 Å². The van der Waals surface area contributed by atoms with Crippen LogP contribution in [0.4, 0.5) is 26.3 Å². The number of nitrogens with one attached hydrogen (secondary N) is 2. The molecule has 0 bridgehead atoms. The van der Waals surface area contributed by atoms with Crippen molar-refractivity contribution in [2.45, 2.75) is 43.9 Å². The lowest BCUT2D eigenvalue weighted by molar-refractivity contribution is -0.274. The summed E-state index contributed by atoms with van der Waals surface area (Å²) in [6, 6.07) is 12.3. The van der Waals surface area contributed by atoms with Gasteiger partial charge in [-0.2, -0.15) is 13.2 Å². The van der Waals surface area contributed by atoms with Crippen LogP contribution < -0.4 is 15.4 Å². The van der Waals surface area contributed by atoms with Gasteiger partial charge in [0.25, 0.3) is 11.8 Å². The maximum Gasteiger partial charge on any atom is 0.573 e. The summed E-state index contributed by atoms with van der Waals surface area (Å²) in [5.41, 5.74) is 1.89. The summed E-state index contributed by atoms with van der Waals surface area (Å²) in [5.74, 6) is -3.65. The number of hydrogen-bond donors (Lipinski definition) is 2. The number of fused-ring (bicyclic) bond motifs is 1. The van der Waals surface area contributed by atoms with Crippen LogP contribution >= 0.6 is 0 Å². The molecule has 2 N–H and O–H groups in total. The van der Waals surface area contributed by atoms with Gasteiger partial charge in [-0.3, -0.25) is 9.59 Å². The molecule has 15 heteroatoms. The Labute approximate surface area is 259 Å². The molecule has 46 heavy (non-hydrogen) atoms. The molecule has 2 aromatic carbocycles. The summed E-state index contributed by atoms with van der Waals surface area (Å²) < 4.78 is 87.2. The number of ether oxygens (including phenoxy) is 2. The Balaban J connectivity index is 1.51. The fraction of sp³-hybridized carbons (Fsp3) is 0.387. The number of aromatic nitrogens is 1. The number of likely N-dealkylation sites (tertiary alicyclic amines) is 1. The summed E-state index contributed by atoms with van der Waals surface area (Å²) in [6.45, 7) is 1.07. The number of amides is 2.